The minimum atomic E-state index is -0.196. The molecule has 1 aliphatic heterocycles. The second-order valence-corrected chi connectivity index (χ2v) is 6.69. The molecule has 1 atom stereocenters. The summed E-state index contributed by atoms with van der Waals surface area (Å²) in [7, 11) is 0. The Bertz CT molecular complexity index is 655. The van der Waals surface area contributed by atoms with Gasteiger partial charge in [-0.1, -0.05) is 18.2 Å². The first-order valence-electron chi connectivity index (χ1n) is 8.47. The zero-order valence-electron chi connectivity index (χ0n) is 14.2. The third-order valence-corrected chi connectivity index (χ3v) is 4.96. The molecule has 124 valence electrons. The maximum absolute atomic E-state index is 9.71. The van der Waals surface area contributed by atoms with E-state index in [0.717, 1.165) is 55.4 Å². The molecule has 0 radical (unpaired) electrons. The van der Waals surface area contributed by atoms with Crippen molar-refractivity contribution in [2.75, 3.05) is 13.1 Å². The molecule has 1 saturated heterocycles. The molecule has 0 unspecified atom stereocenters. The fourth-order valence-electron chi connectivity index (χ4n) is 3.31. The quantitative estimate of drug-likeness (QED) is 0.937. The van der Waals surface area contributed by atoms with Crippen LogP contribution >= 0.6 is 0 Å². The number of nitrogens with zero attached hydrogens (tertiary/aromatic N) is 2. The highest BCUT2D eigenvalue weighted by atomic mass is 16.4. The van der Waals surface area contributed by atoms with E-state index in [2.05, 4.69) is 24.0 Å². The molecule has 2 heterocycles. The molecule has 0 saturated carbocycles. The summed E-state index contributed by atoms with van der Waals surface area (Å²) in [4.78, 5) is 7.14. The summed E-state index contributed by atoms with van der Waals surface area (Å²) in [6.45, 7) is 8.83. The first-order valence-corrected chi connectivity index (χ1v) is 8.47. The topological polar surface area (TPSA) is 49.5 Å². The smallest absolute Gasteiger partial charge is 0.226 e. The van der Waals surface area contributed by atoms with Gasteiger partial charge in [-0.05, 0) is 64.3 Å². The highest BCUT2D eigenvalue weighted by Crippen LogP contribution is 2.27. The lowest BCUT2D eigenvalue weighted by atomic mass is 9.92. The van der Waals surface area contributed by atoms with E-state index in [0.29, 0.717) is 5.92 Å². The van der Waals surface area contributed by atoms with Crippen LogP contribution in [0.1, 0.15) is 36.8 Å². The van der Waals surface area contributed by atoms with Gasteiger partial charge in [-0.25, -0.2) is 4.98 Å². The van der Waals surface area contributed by atoms with E-state index < -0.39 is 0 Å². The molecule has 2 aromatic rings. The molecule has 0 aliphatic carbocycles. The molecule has 1 aromatic carbocycles. The van der Waals surface area contributed by atoms with Gasteiger partial charge in [0, 0.05) is 12.1 Å². The van der Waals surface area contributed by atoms with Gasteiger partial charge in [-0.3, -0.25) is 4.90 Å². The second kappa shape index (κ2) is 6.85. The van der Waals surface area contributed by atoms with Crippen molar-refractivity contribution in [3.05, 3.63) is 41.3 Å². The zero-order valence-corrected chi connectivity index (χ0v) is 14.2. The number of aliphatic hydroxyl groups is 1. The number of aromatic nitrogens is 1. The van der Waals surface area contributed by atoms with Crippen LogP contribution in [-0.4, -0.2) is 34.2 Å². The van der Waals surface area contributed by atoms with Gasteiger partial charge in [0.25, 0.3) is 0 Å². The molecule has 1 aromatic heterocycles. The molecule has 1 fully saturated rings. The molecule has 1 N–H and O–H groups in total. The molecule has 0 spiro atoms. The summed E-state index contributed by atoms with van der Waals surface area (Å²) in [5.41, 5.74) is 3.27. The molecule has 0 amide bonds. The van der Waals surface area contributed by atoms with Crippen molar-refractivity contribution in [2.45, 2.75) is 46.3 Å². The van der Waals surface area contributed by atoms with Gasteiger partial charge < -0.3 is 9.52 Å². The van der Waals surface area contributed by atoms with E-state index in [-0.39, 0.29) is 6.10 Å². The van der Waals surface area contributed by atoms with Crippen LogP contribution in [0.5, 0.6) is 0 Å². The van der Waals surface area contributed by atoms with Gasteiger partial charge in [0.1, 0.15) is 5.76 Å². The number of oxazole rings is 1. The molecule has 4 nitrogen and oxygen atoms in total. The van der Waals surface area contributed by atoms with Gasteiger partial charge in [0.2, 0.25) is 5.89 Å². The van der Waals surface area contributed by atoms with E-state index >= 15 is 0 Å². The summed E-state index contributed by atoms with van der Waals surface area (Å²) < 4.78 is 5.90. The van der Waals surface area contributed by atoms with E-state index in [1.165, 1.54) is 5.56 Å². The number of piperidine rings is 1. The van der Waals surface area contributed by atoms with Crippen molar-refractivity contribution in [3.8, 4) is 11.5 Å². The van der Waals surface area contributed by atoms with Crippen molar-refractivity contribution in [1.82, 2.24) is 9.88 Å². The standard InChI is InChI=1S/C19H26N2O2/c1-13-6-4-5-7-17(13)19-20-18(15(3)23-19)12-21-10-8-16(9-11-21)14(2)22/h4-7,14,16,22H,8-12H2,1-3H3/t14-/m1/s1. The van der Waals surface area contributed by atoms with Gasteiger partial charge in [-0.2, -0.15) is 0 Å². The average Bonchev–Trinajstić information content (AvgIpc) is 2.89. The molecule has 23 heavy (non-hydrogen) atoms. The predicted molar refractivity (Wildman–Crippen MR) is 91.1 cm³/mol. The monoisotopic (exact) mass is 314 g/mol. The van der Waals surface area contributed by atoms with Crippen LogP contribution in [0.2, 0.25) is 0 Å². The summed E-state index contributed by atoms with van der Waals surface area (Å²) in [5, 5.41) is 9.71. The Hall–Kier alpha value is -1.65. The third-order valence-electron chi connectivity index (χ3n) is 4.96. The number of benzene rings is 1. The fraction of sp³-hybridized carbons (Fsp3) is 0.526. The second-order valence-electron chi connectivity index (χ2n) is 6.69. The van der Waals surface area contributed by atoms with Crippen molar-refractivity contribution in [3.63, 3.8) is 0 Å². The zero-order chi connectivity index (χ0) is 16.4. The van der Waals surface area contributed by atoms with Crippen LogP contribution in [0.25, 0.3) is 11.5 Å². The van der Waals surface area contributed by atoms with Gasteiger partial charge in [-0.15, -0.1) is 0 Å². The lowest BCUT2D eigenvalue weighted by Gasteiger charge is -2.32. The summed E-state index contributed by atoms with van der Waals surface area (Å²) in [6, 6.07) is 8.18. The van der Waals surface area contributed by atoms with Crippen LogP contribution in [0.4, 0.5) is 0 Å². The Labute approximate surface area is 138 Å². The van der Waals surface area contributed by atoms with Crippen molar-refractivity contribution < 1.29 is 9.52 Å². The van der Waals surface area contributed by atoms with Crippen LogP contribution in [0, 0.1) is 19.8 Å². The maximum Gasteiger partial charge on any atom is 0.226 e. The number of hydrogen-bond donors (Lipinski definition) is 1. The SMILES string of the molecule is Cc1ccccc1-c1nc(CN2CCC([C@@H](C)O)CC2)c(C)o1. The minimum absolute atomic E-state index is 0.196. The predicted octanol–water partition coefficient (Wildman–Crippen LogP) is 3.55. The first kappa shape index (κ1) is 16.2. The summed E-state index contributed by atoms with van der Waals surface area (Å²) >= 11 is 0. The minimum Gasteiger partial charge on any atom is -0.441 e. The molecule has 1 aliphatic rings. The Kier molecular flexibility index (Phi) is 4.83. The number of aliphatic hydroxyl groups excluding tert-OH is 1. The Morgan fingerprint density at radius 3 is 2.61 bits per heavy atom. The van der Waals surface area contributed by atoms with Crippen LogP contribution in [0.15, 0.2) is 28.7 Å². The number of rotatable bonds is 4. The number of aryl methyl sites for hydroxylation is 2. The summed E-state index contributed by atoms with van der Waals surface area (Å²) in [6.07, 6.45) is 1.91. The van der Waals surface area contributed by atoms with E-state index in [9.17, 15) is 5.11 Å². The molecule has 0 bridgehead atoms. The lowest BCUT2D eigenvalue weighted by Crippen LogP contribution is -2.36. The van der Waals surface area contributed by atoms with E-state index in [4.69, 9.17) is 9.40 Å². The fourth-order valence-corrected chi connectivity index (χ4v) is 3.31. The van der Waals surface area contributed by atoms with E-state index in [1.54, 1.807) is 0 Å². The van der Waals surface area contributed by atoms with Crippen LogP contribution < -0.4 is 0 Å². The van der Waals surface area contributed by atoms with Crippen molar-refractivity contribution >= 4 is 0 Å². The van der Waals surface area contributed by atoms with Gasteiger partial charge >= 0.3 is 0 Å². The van der Waals surface area contributed by atoms with Crippen molar-refractivity contribution in [1.29, 1.82) is 0 Å². The number of likely N-dealkylation sites (tertiary alicyclic amines) is 1. The highest BCUT2D eigenvalue weighted by molar-refractivity contribution is 5.58. The average molecular weight is 314 g/mol. The normalized spacial score (nSPS) is 18.3. The first-order chi connectivity index (χ1) is 11.0. The Morgan fingerprint density at radius 2 is 1.96 bits per heavy atom. The molecule has 4 heteroatoms. The maximum atomic E-state index is 9.71. The van der Waals surface area contributed by atoms with Crippen LogP contribution in [0.3, 0.4) is 0 Å². The Balaban J connectivity index is 1.69. The molecular formula is C19H26N2O2. The lowest BCUT2D eigenvalue weighted by molar-refractivity contribution is 0.0690. The van der Waals surface area contributed by atoms with Gasteiger partial charge in [0.15, 0.2) is 0 Å². The van der Waals surface area contributed by atoms with Crippen molar-refractivity contribution in [2.24, 2.45) is 5.92 Å². The van der Waals surface area contributed by atoms with E-state index in [1.807, 2.05) is 26.0 Å². The van der Waals surface area contributed by atoms with Crippen LogP contribution in [-0.2, 0) is 6.54 Å². The third kappa shape index (κ3) is 3.65. The largest absolute Gasteiger partial charge is 0.441 e. The molecular weight excluding hydrogens is 288 g/mol. The summed E-state index contributed by atoms with van der Waals surface area (Å²) in [5.74, 6) is 2.06. The Morgan fingerprint density at radius 1 is 1.26 bits per heavy atom. The molecule has 3 rings (SSSR count). The number of hydrogen-bond acceptors (Lipinski definition) is 4. The van der Waals surface area contributed by atoms with Gasteiger partial charge in [0.05, 0.1) is 11.8 Å². The highest BCUT2D eigenvalue weighted by Gasteiger charge is 2.24.